The second-order valence-electron chi connectivity index (χ2n) is 5.28. The molecule has 0 radical (unpaired) electrons. The summed E-state index contributed by atoms with van der Waals surface area (Å²) in [5, 5.41) is 3.49. The van der Waals surface area contributed by atoms with E-state index in [1.807, 2.05) is 12.1 Å². The summed E-state index contributed by atoms with van der Waals surface area (Å²) in [5.41, 5.74) is 3.14. The molecule has 0 aromatic heterocycles. The summed E-state index contributed by atoms with van der Waals surface area (Å²) >= 11 is 7.35. The van der Waals surface area contributed by atoms with Crippen molar-refractivity contribution in [3.63, 3.8) is 0 Å². The molecule has 0 unspecified atom stereocenters. The van der Waals surface area contributed by atoms with Crippen LogP contribution in [0.4, 0.5) is 5.69 Å². The molecule has 2 rings (SSSR count). The minimum absolute atomic E-state index is 0.0243. The Labute approximate surface area is 146 Å². The number of carbonyl (C=O) groups excluding carboxylic acids is 1. The summed E-state index contributed by atoms with van der Waals surface area (Å²) in [6.45, 7) is 4.69. The molecule has 2 aromatic carbocycles. The molecule has 0 fully saturated rings. The van der Waals surface area contributed by atoms with E-state index in [-0.39, 0.29) is 5.91 Å². The topological polar surface area (TPSA) is 38.3 Å². The standard InChI is InChI=1S/C18H20ClNO2S/c1-13-9-14(2)11-17(10-13)22-7-8-23-12-18(21)20-16-5-3-15(19)4-6-16/h3-6,9-11H,7-8,12H2,1-2H3,(H,20,21). The zero-order valence-corrected chi connectivity index (χ0v) is 14.8. The molecule has 2 aromatic rings. The molecule has 0 aliphatic carbocycles. The van der Waals surface area contributed by atoms with Crippen LogP contribution in [0.25, 0.3) is 0 Å². The summed E-state index contributed by atoms with van der Waals surface area (Å²) in [4.78, 5) is 11.8. The first-order valence-electron chi connectivity index (χ1n) is 7.37. The molecule has 0 spiro atoms. The molecule has 5 heteroatoms. The number of halogens is 1. The predicted octanol–water partition coefficient (Wildman–Crippen LogP) is 4.71. The van der Waals surface area contributed by atoms with Crippen LogP contribution in [0.5, 0.6) is 5.75 Å². The third-order valence-electron chi connectivity index (χ3n) is 3.05. The van der Waals surface area contributed by atoms with Gasteiger partial charge < -0.3 is 10.1 Å². The van der Waals surface area contributed by atoms with Gasteiger partial charge in [0.1, 0.15) is 5.75 Å². The second kappa shape index (κ2) is 8.85. The Hall–Kier alpha value is -1.65. The van der Waals surface area contributed by atoms with E-state index in [1.165, 1.54) is 11.1 Å². The molecule has 1 amide bonds. The molecule has 1 N–H and O–H groups in total. The number of thioether (sulfide) groups is 1. The lowest BCUT2D eigenvalue weighted by Gasteiger charge is -2.08. The summed E-state index contributed by atoms with van der Waals surface area (Å²) in [6, 6.07) is 13.2. The average Bonchev–Trinajstić information content (AvgIpc) is 2.48. The minimum atomic E-state index is -0.0243. The number of aryl methyl sites for hydroxylation is 2. The van der Waals surface area contributed by atoms with Crippen LogP contribution in [0.3, 0.4) is 0 Å². The average molecular weight is 350 g/mol. The molecule has 0 heterocycles. The third kappa shape index (κ3) is 6.55. The highest BCUT2D eigenvalue weighted by Crippen LogP contribution is 2.17. The third-order valence-corrected chi connectivity index (χ3v) is 4.23. The van der Waals surface area contributed by atoms with Gasteiger partial charge in [-0.15, -0.1) is 11.8 Å². The smallest absolute Gasteiger partial charge is 0.234 e. The molecule has 0 atom stereocenters. The van der Waals surface area contributed by atoms with E-state index < -0.39 is 0 Å². The maximum absolute atomic E-state index is 11.8. The van der Waals surface area contributed by atoms with Crippen molar-refractivity contribution in [2.24, 2.45) is 0 Å². The van der Waals surface area contributed by atoms with Gasteiger partial charge in [0, 0.05) is 16.5 Å². The number of rotatable bonds is 7. The lowest BCUT2D eigenvalue weighted by Crippen LogP contribution is -2.15. The van der Waals surface area contributed by atoms with Crippen LogP contribution in [0.15, 0.2) is 42.5 Å². The largest absolute Gasteiger partial charge is 0.493 e. The molecular formula is C18H20ClNO2S. The minimum Gasteiger partial charge on any atom is -0.493 e. The summed E-state index contributed by atoms with van der Waals surface area (Å²) in [7, 11) is 0. The monoisotopic (exact) mass is 349 g/mol. The molecular weight excluding hydrogens is 330 g/mol. The SMILES string of the molecule is Cc1cc(C)cc(OCCSCC(=O)Nc2ccc(Cl)cc2)c1. The number of ether oxygens (including phenoxy) is 1. The van der Waals surface area contributed by atoms with Crippen molar-refractivity contribution in [1.82, 2.24) is 0 Å². The number of benzene rings is 2. The zero-order chi connectivity index (χ0) is 16.7. The van der Waals surface area contributed by atoms with E-state index in [0.29, 0.717) is 17.4 Å². The van der Waals surface area contributed by atoms with Gasteiger partial charge in [0.25, 0.3) is 0 Å². The number of amides is 1. The number of nitrogens with one attached hydrogen (secondary N) is 1. The van der Waals surface area contributed by atoms with Gasteiger partial charge in [-0.2, -0.15) is 0 Å². The fourth-order valence-corrected chi connectivity index (χ4v) is 2.86. The number of hydrogen-bond acceptors (Lipinski definition) is 3. The van der Waals surface area contributed by atoms with Crippen molar-refractivity contribution in [3.05, 3.63) is 58.6 Å². The molecule has 23 heavy (non-hydrogen) atoms. The fourth-order valence-electron chi connectivity index (χ4n) is 2.13. The summed E-state index contributed by atoms with van der Waals surface area (Å²) in [6.07, 6.45) is 0. The lowest BCUT2D eigenvalue weighted by atomic mass is 10.1. The van der Waals surface area contributed by atoms with Gasteiger partial charge in [0.05, 0.1) is 12.4 Å². The van der Waals surface area contributed by atoms with Gasteiger partial charge in [-0.25, -0.2) is 0 Å². The van der Waals surface area contributed by atoms with Crippen molar-refractivity contribution >= 4 is 35.0 Å². The summed E-state index contributed by atoms with van der Waals surface area (Å²) in [5.74, 6) is 2.03. The number of hydrogen-bond donors (Lipinski definition) is 1. The highest BCUT2D eigenvalue weighted by molar-refractivity contribution is 7.99. The van der Waals surface area contributed by atoms with Crippen LogP contribution in [0.2, 0.25) is 5.02 Å². The van der Waals surface area contributed by atoms with Crippen molar-refractivity contribution in [2.45, 2.75) is 13.8 Å². The van der Waals surface area contributed by atoms with E-state index in [4.69, 9.17) is 16.3 Å². The Morgan fingerprint density at radius 3 is 2.43 bits per heavy atom. The first kappa shape index (κ1) is 17.7. The van der Waals surface area contributed by atoms with Gasteiger partial charge in [-0.3, -0.25) is 4.79 Å². The highest BCUT2D eigenvalue weighted by atomic mass is 35.5. The summed E-state index contributed by atoms with van der Waals surface area (Å²) < 4.78 is 5.71. The Bertz CT molecular complexity index is 638. The maximum Gasteiger partial charge on any atom is 0.234 e. The lowest BCUT2D eigenvalue weighted by molar-refractivity contribution is -0.113. The van der Waals surface area contributed by atoms with E-state index in [9.17, 15) is 4.79 Å². The first-order valence-corrected chi connectivity index (χ1v) is 8.90. The molecule has 122 valence electrons. The van der Waals surface area contributed by atoms with Crippen LogP contribution in [-0.4, -0.2) is 24.0 Å². The predicted molar refractivity (Wildman–Crippen MR) is 98.8 cm³/mol. The van der Waals surface area contributed by atoms with E-state index in [1.54, 1.807) is 36.0 Å². The van der Waals surface area contributed by atoms with Gasteiger partial charge in [-0.1, -0.05) is 17.7 Å². The highest BCUT2D eigenvalue weighted by Gasteiger charge is 2.03. The van der Waals surface area contributed by atoms with Crippen molar-refractivity contribution < 1.29 is 9.53 Å². The Morgan fingerprint density at radius 2 is 1.78 bits per heavy atom. The van der Waals surface area contributed by atoms with Crippen molar-refractivity contribution in [3.8, 4) is 5.75 Å². The Balaban J connectivity index is 1.65. The van der Waals surface area contributed by atoms with Gasteiger partial charge >= 0.3 is 0 Å². The van der Waals surface area contributed by atoms with Crippen LogP contribution in [0.1, 0.15) is 11.1 Å². The van der Waals surface area contributed by atoms with E-state index >= 15 is 0 Å². The van der Waals surface area contributed by atoms with Gasteiger partial charge in [-0.05, 0) is 61.4 Å². The Kier molecular flexibility index (Phi) is 6.81. The first-order chi connectivity index (χ1) is 11.0. The van der Waals surface area contributed by atoms with Crippen LogP contribution >= 0.6 is 23.4 Å². The number of carbonyl (C=O) groups is 1. The maximum atomic E-state index is 11.8. The molecule has 0 saturated carbocycles. The molecule has 0 aliphatic heterocycles. The molecule has 0 saturated heterocycles. The van der Waals surface area contributed by atoms with Gasteiger partial charge in [0.15, 0.2) is 0 Å². The van der Waals surface area contributed by atoms with Gasteiger partial charge in [0.2, 0.25) is 5.91 Å². The normalized spacial score (nSPS) is 10.4. The second-order valence-corrected chi connectivity index (χ2v) is 6.82. The van der Waals surface area contributed by atoms with Crippen LogP contribution in [-0.2, 0) is 4.79 Å². The van der Waals surface area contributed by atoms with Crippen molar-refractivity contribution in [1.29, 1.82) is 0 Å². The quantitative estimate of drug-likeness (QED) is 0.736. The van der Waals surface area contributed by atoms with Crippen LogP contribution < -0.4 is 10.1 Å². The van der Waals surface area contributed by atoms with Crippen LogP contribution in [0, 0.1) is 13.8 Å². The molecule has 0 bridgehead atoms. The fraction of sp³-hybridized carbons (Fsp3) is 0.278. The molecule has 0 aliphatic rings. The zero-order valence-electron chi connectivity index (χ0n) is 13.3. The number of anilines is 1. The van der Waals surface area contributed by atoms with E-state index in [2.05, 4.69) is 25.2 Å². The molecule has 3 nitrogen and oxygen atoms in total. The Morgan fingerprint density at radius 1 is 1.13 bits per heavy atom. The van der Waals surface area contributed by atoms with Crippen molar-refractivity contribution in [2.75, 3.05) is 23.4 Å². The van der Waals surface area contributed by atoms with E-state index in [0.717, 1.165) is 17.2 Å².